The van der Waals surface area contributed by atoms with Crippen molar-refractivity contribution in [3.05, 3.63) is 34.6 Å². The molecule has 1 fully saturated rings. The molecule has 18 heavy (non-hydrogen) atoms. The molecule has 2 unspecified atom stereocenters. The first kappa shape index (κ1) is 14.3. The first-order valence-corrected chi connectivity index (χ1v) is 7.45. The summed E-state index contributed by atoms with van der Waals surface area (Å²) in [5.74, 6) is -0.200. The molecule has 5 heteroatoms. The van der Waals surface area contributed by atoms with Gasteiger partial charge in [0.25, 0.3) is 0 Å². The predicted octanol–water partition coefficient (Wildman–Crippen LogP) is 3.46. The molecule has 2 nitrogen and oxygen atoms in total. The Morgan fingerprint density at radius 1 is 1.56 bits per heavy atom. The first-order chi connectivity index (χ1) is 8.60. The molecular formula is C13H16BrClFNO. The fourth-order valence-corrected chi connectivity index (χ4v) is 2.66. The van der Waals surface area contributed by atoms with Crippen LogP contribution in [-0.2, 0) is 11.3 Å². The summed E-state index contributed by atoms with van der Waals surface area (Å²) in [4.78, 5) is 2.23. The molecular weight excluding hydrogens is 321 g/mol. The zero-order valence-corrected chi connectivity index (χ0v) is 12.5. The van der Waals surface area contributed by atoms with Crippen LogP contribution in [0.1, 0.15) is 12.5 Å². The van der Waals surface area contributed by atoms with Crippen LogP contribution in [0.5, 0.6) is 0 Å². The minimum atomic E-state index is -0.200. The monoisotopic (exact) mass is 335 g/mol. The van der Waals surface area contributed by atoms with E-state index in [1.807, 2.05) is 0 Å². The lowest BCUT2D eigenvalue weighted by Gasteiger charge is -2.37. The predicted molar refractivity (Wildman–Crippen MR) is 74.8 cm³/mol. The quantitative estimate of drug-likeness (QED) is 0.784. The van der Waals surface area contributed by atoms with Crippen molar-refractivity contribution in [1.82, 2.24) is 4.90 Å². The topological polar surface area (TPSA) is 12.5 Å². The number of morpholine rings is 1. The van der Waals surface area contributed by atoms with E-state index in [1.165, 1.54) is 6.07 Å². The average Bonchev–Trinajstić information content (AvgIpc) is 2.36. The number of ether oxygens (including phenoxy) is 1. The standard InChI is InChI=1S/C13H16BrClFNO/c1-9-8-18-12(5-14)7-17(9)6-10-4-11(15)2-3-13(10)16/h2-4,9,12H,5-8H2,1H3. The van der Waals surface area contributed by atoms with Gasteiger partial charge in [0.1, 0.15) is 5.82 Å². The van der Waals surface area contributed by atoms with E-state index in [0.29, 0.717) is 29.8 Å². The van der Waals surface area contributed by atoms with Crippen LogP contribution in [0.25, 0.3) is 0 Å². The van der Waals surface area contributed by atoms with Crippen LogP contribution in [0.2, 0.25) is 5.02 Å². The molecule has 0 amide bonds. The summed E-state index contributed by atoms with van der Waals surface area (Å²) in [6.07, 6.45) is 0.170. The van der Waals surface area contributed by atoms with Crippen LogP contribution in [0.15, 0.2) is 18.2 Å². The Balaban J connectivity index is 2.09. The van der Waals surface area contributed by atoms with Crippen molar-refractivity contribution in [2.75, 3.05) is 18.5 Å². The number of nitrogens with zero attached hydrogens (tertiary/aromatic N) is 1. The summed E-state index contributed by atoms with van der Waals surface area (Å²) in [5.41, 5.74) is 0.643. The Morgan fingerprint density at radius 3 is 3.06 bits per heavy atom. The first-order valence-electron chi connectivity index (χ1n) is 5.95. The van der Waals surface area contributed by atoms with Gasteiger partial charge in [0.15, 0.2) is 0 Å². The van der Waals surface area contributed by atoms with E-state index in [4.69, 9.17) is 16.3 Å². The highest BCUT2D eigenvalue weighted by Crippen LogP contribution is 2.20. The van der Waals surface area contributed by atoms with Gasteiger partial charge in [-0.05, 0) is 25.1 Å². The van der Waals surface area contributed by atoms with E-state index >= 15 is 0 Å². The molecule has 0 spiro atoms. The Labute approximate surface area is 120 Å². The maximum Gasteiger partial charge on any atom is 0.127 e. The van der Waals surface area contributed by atoms with Crippen LogP contribution < -0.4 is 0 Å². The van der Waals surface area contributed by atoms with E-state index in [-0.39, 0.29) is 11.9 Å². The van der Waals surface area contributed by atoms with Gasteiger partial charge in [-0.2, -0.15) is 0 Å². The number of hydrogen-bond donors (Lipinski definition) is 0. The molecule has 2 rings (SSSR count). The van der Waals surface area contributed by atoms with E-state index in [0.717, 1.165) is 11.9 Å². The maximum absolute atomic E-state index is 13.7. The molecule has 100 valence electrons. The van der Waals surface area contributed by atoms with Gasteiger partial charge in [0.05, 0.1) is 12.7 Å². The molecule has 1 aliphatic rings. The van der Waals surface area contributed by atoms with Crippen molar-refractivity contribution >= 4 is 27.5 Å². The summed E-state index contributed by atoms with van der Waals surface area (Å²) >= 11 is 9.33. The Hall–Kier alpha value is -0.160. The Bertz CT molecular complexity index is 418. The molecule has 0 N–H and O–H groups in total. The third-order valence-electron chi connectivity index (χ3n) is 3.19. The van der Waals surface area contributed by atoms with Crippen molar-refractivity contribution in [3.8, 4) is 0 Å². The zero-order valence-electron chi connectivity index (χ0n) is 10.2. The lowest BCUT2D eigenvalue weighted by molar-refractivity contribution is -0.0502. The van der Waals surface area contributed by atoms with Crippen molar-refractivity contribution in [3.63, 3.8) is 0 Å². The molecule has 1 aliphatic heterocycles. The van der Waals surface area contributed by atoms with Crippen LogP contribution in [-0.4, -0.2) is 35.5 Å². The summed E-state index contributed by atoms with van der Waals surface area (Å²) in [6, 6.07) is 4.98. The largest absolute Gasteiger partial charge is 0.374 e. The second-order valence-corrected chi connectivity index (χ2v) is 5.71. The average molecular weight is 337 g/mol. The van der Waals surface area contributed by atoms with Crippen LogP contribution in [0, 0.1) is 5.82 Å². The summed E-state index contributed by atoms with van der Waals surface area (Å²) in [7, 11) is 0. The number of hydrogen-bond acceptors (Lipinski definition) is 2. The number of rotatable bonds is 3. The minimum absolute atomic E-state index is 0.170. The molecule has 2 atom stereocenters. The van der Waals surface area contributed by atoms with Gasteiger partial charge in [0.2, 0.25) is 0 Å². The molecule has 1 saturated heterocycles. The van der Waals surface area contributed by atoms with Gasteiger partial charge < -0.3 is 4.74 Å². The third-order valence-corrected chi connectivity index (χ3v) is 4.15. The lowest BCUT2D eigenvalue weighted by Crippen LogP contribution is -2.48. The highest BCUT2D eigenvalue weighted by molar-refractivity contribution is 9.09. The van der Waals surface area contributed by atoms with E-state index in [2.05, 4.69) is 27.8 Å². The van der Waals surface area contributed by atoms with E-state index in [1.54, 1.807) is 12.1 Å². The van der Waals surface area contributed by atoms with Gasteiger partial charge in [-0.1, -0.05) is 27.5 Å². The number of benzene rings is 1. The second kappa shape index (κ2) is 6.33. The van der Waals surface area contributed by atoms with Crippen LogP contribution in [0.4, 0.5) is 4.39 Å². The normalized spacial score (nSPS) is 25.3. The molecule has 0 saturated carbocycles. The number of halogens is 3. The van der Waals surface area contributed by atoms with Crippen molar-refractivity contribution in [2.45, 2.75) is 25.6 Å². The molecule has 0 aromatic heterocycles. The summed E-state index contributed by atoms with van der Waals surface area (Å²) < 4.78 is 19.4. The molecule has 0 bridgehead atoms. The highest BCUT2D eigenvalue weighted by atomic mass is 79.9. The molecule has 0 radical (unpaired) electrons. The van der Waals surface area contributed by atoms with Crippen LogP contribution >= 0.6 is 27.5 Å². The maximum atomic E-state index is 13.7. The molecule has 1 aromatic carbocycles. The second-order valence-electron chi connectivity index (χ2n) is 4.62. The smallest absolute Gasteiger partial charge is 0.127 e. The third kappa shape index (κ3) is 3.44. The van der Waals surface area contributed by atoms with Crippen molar-refractivity contribution in [2.24, 2.45) is 0 Å². The van der Waals surface area contributed by atoms with Gasteiger partial charge in [-0.3, -0.25) is 4.90 Å². The number of alkyl halides is 1. The highest BCUT2D eigenvalue weighted by Gasteiger charge is 2.26. The summed E-state index contributed by atoms with van der Waals surface area (Å²) in [6.45, 7) is 4.14. The van der Waals surface area contributed by atoms with Crippen molar-refractivity contribution < 1.29 is 9.13 Å². The van der Waals surface area contributed by atoms with Gasteiger partial charge >= 0.3 is 0 Å². The molecule has 0 aliphatic carbocycles. The molecule has 1 heterocycles. The van der Waals surface area contributed by atoms with E-state index in [9.17, 15) is 4.39 Å². The zero-order chi connectivity index (χ0) is 13.1. The fraction of sp³-hybridized carbons (Fsp3) is 0.538. The van der Waals surface area contributed by atoms with Crippen molar-refractivity contribution in [1.29, 1.82) is 0 Å². The van der Waals surface area contributed by atoms with E-state index < -0.39 is 0 Å². The van der Waals surface area contributed by atoms with Crippen LogP contribution in [0.3, 0.4) is 0 Å². The summed E-state index contributed by atoms with van der Waals surface area (Å²) in [5, 5.41) is 1.37. The van der Waals surface area contributed by atoms with Gasteiger partial charge in [-0.25, -0.2) is 4.39 Å². The van der Waals surface area contributed by atoms with Gasteiger partial charge in [-0.15, -0.1) is 0 Å². The van der Waals surface area contributed by atoms with Gasteiger partial charge in [0, 0.05) is 35.0 Å². The minimum Gasteiger partial charge on any atom is -0.374 e. The lowest BCUT2D eigenvalue weighted by atomic mass is 10.1. The SMILES string of the molecule is CC1COC(CBr)CN1Cc1cc(Cl)ccc1F. The molecule has 1 aromatic rings. The Kier molecular flexibility index (Phi) is 5.01. The fourth-order valence-electron chi connectivity index (χ4n) is 2.07. The Morgan fingerprint density at radius 2 is 2.33 bits per heavy atom.